The SMILES string of the molecule is CCNC(=NCCCC1CC1)NCCC(=O)N(CC)CC. The van der Waals surface area contributed by atoms with Crippen molar-refractivity contribution in [2.75, 3.05) is 32.7 Å². The van der Waals surface area contributed by atoms with Crippen molar-refractivity contribution >= 4 is 11.9 Å². The van der Waals surface area contributed by atoms with E-state index >= 15 is 0 Å². The summed E-state index contributed by atoms with van der Waals surface area (Å²) in [5.74, 6) is 2.01. The van der Waals surface area contributed by atoms with Crippen molar-refractivity contribution in [3.63, 3.8) is 0 Å². The van der Waals surface area contributed by atoms with Gasteiger partial charge in [0.1, 0.15) is 0 Å². The quantitative estimate of drug-likeness (QED) is 0.368. The van der Waals surface area contributed by atoms with E-state index in [1.54, 1.807) is 0 Å². The Kier molecular flexibility index (Phi) is 8.87. The molecule has 0 aliphatic heterocycles. The van der Waals surface area contributed by atoms with E-state index in [9.17, 15) is 4.79 Å². The van der Waals surface area contributed by atoms with E-state index in [1.807, 2.05) is 18.7 Å². The Balaban J connectivity index is 2.22. The number of aliphatic imine (C=N–C) groups is 1. The standard InChI is InChI=1S/C16H32N4O/c1-4-17-16(18-12-7-8-14-9-10-14)19-13-11-15(21)20(5-2)6-3/h14H,4-13H2,1-3H3,(H2,17,18,19). The molecule has 0 spiro atoms. The fourth-order valence-corrected chi connectivity index (χ4v) is 2.34. The topological polar surface area (TPSA) is 56.7 Å². The first-order valence-corrected chi connectivity index (χ1v) is 8.51. The zero-order valence-electron chi connectivity index (χ0n) is 14.0. The van der Waals surface area contributed by atoms with E-state index in [-0.39, 0.29) is 5.91 Å². The average molecular weight is 296 g/mol. The van der Waals surface area contributed by atoms with Gasteiger partial charge in [-0.15, -0.1) is 0 Å². The zero-order chi connectivity index (χ0) is 15.5. The number of guanidine groups is 1. The van der Waals surface area contributed by atoms with E-state index in [2.05, 4.69) is 22.5 Å². The Bertz CT molecular complexity index is 322. The number of rotatable bonds is 10. The lowest BCUT2D eigenvalue weighted by atomic mass is 10.2. The summed E-state index contributed by atoms with van der Waals surface area (Å²) in [6.45, 7) is 10.0. The van der Waals surface area contributed by atoms with Crippen molar-refractivity contribution in [3.05, 3.63) is 0 Å². The number of amides is 1. The summed E-state index contributed by atoms with van der Waals surface area (Å²) >= 11 is 0. The van der Waals surface area contributed by atoms with Crippen molar-refractivity contribution in [1.82, 2.24) is 15.5 Å². The first-order valence-electron chi connectivity index (χ1n) is 8.51. The van der Waals surface area contributed by atoms with Crippen molar-refractivity contribution < 1.29 is 4.79 Å². The maximum Gasteiger partial charge on any atom is 0.224 e. The summed E-state index contributed by atoms with van der Waals surface area (Å²) in [6.07, 6.45) is 5.82. The molecule has 1 aliphatic carbocycles. The third-order valence-corrected chi connectivity index (χ3v) is 3.83. The maximum absolute atomic E-state index is 11.9. The second-order valence-corrected chi connectivity index (χ2v) is 5.59. The summed E-state index contributed by atoms with van der Waals surface area (Å²) in [4.78, 5) is 18.3. The predicted molar refractivity (Wildman–Crippen MR) is 88.5 cm³/mol. The second kappa shape index (κ2) is 10.5. The molecule has 0 atom stereocenters. The monoisotopic (exact) mass is 296 g/mol. The molecule has 0 radical (unpaired) electrons. The molecule has 1 amide bonds. The van der Waals surface area contributed by atoms with E-state index < -0.39 is 0 Å². The van der Waals surface area contributed by atoms with Crippen molar-refractivity contribution in [2.24, 2.45) is 10.9 Å². The van der Waals surface area contributed by atoms with Crippen LogP contribution in [0.5, 0.6) is 0 Å². The van der Waals surface area contributed by atoms with Crippen molar-refractivity contribution in [3.8, 4) is 0 Å². The van der Waals surface area contributed by atoms with Crippen LogP contribution in [0.4, 0.5) is 0 Å². The van der Waals surface area contributed by atoms with Crippen LogP contribution >= 0.6 is 0 Å². The summed E-state index contributed by atoms with van der Waals surface area (Å²) < 4.78 is 0. The third-order valence-electron chi connectivity index (χ3n) is 3.83. The minimum Gasteiger partial charge on any atom is -0.357 e. The Hall–Kier alpha value is -1.26. The molecule has 1 fully saturated rings. The number of nitrogens with zero attached hydrogens (tertiary/aromatic N) is 2. The van der Waals surface area contributed by atoms with E-state index in [0.29, 0.717) is 13.0 Å². The van der Waals surface area contributed by atoms with Gasteiger partial charge >= 0.3 is 0 Å². The molecule has 0 aromatic rings. The number of nitrogens with one attached hydrogen (secondary N) is 2. The van der Waals surface area contributed by atoms with Crippen LogP contribution in [0.2, 0.25) is 0 Å². The van der Waals surface area contributed by atoms with Crippen molar-refractivity contribution in [1.29, 1.82) is 0 Å². The zero-order valence-corrected chi connectivity index (χ0v) is 14.0. The van der Waals surface area contributed by atoms with Gasteiger partial charge in [-0.2, -0.15) is 0 Å². The van der Waals surface area contributed by atoms with Gasteiger partial charge in [0.25, 0.3) is 0 Å². The molecule has 2 N–H and O–H groups in total. The lowest BCUT2D eigenvalue weighted by Gasteiger charge is -2.19. The average Bonchev–Trinajstić information content (AvgIpc) is 3.29. The highest BCUT2D eigenvalue weighted by molar-refractivity contribution is 5.81. The highest BCUT2D eigenvalue weighted by Crippen LogP contribution is 2.33. The summed E-state index contributed by atoms with van der Waals surface area (Å²) in [5.41, 5.74) is 0. The molecular formula is C16H32N4O. The second-order valence-electron chi connectivity index (χ2n) is 5.59. The summed E-state index contributed by atoms with van der Waals surface area (Å²) in [7, 11) is 0. The fourth-order valence-electron chi connectivity index (χ4n) is 2.34. The van der Waals surface area contributed by atoms with Gasteiger partial charge in [0.2, 0.25) is 5.91 Å². The summed E-state index contributed by atoms with van der Waals surface area (Å²) in [6, 6.07) is 0. The van der Waals surface area contributed by atoms with Crippen LogP contribution in [0.25, 0.3) is 0 Å². The van der Waals surface area contributed by atoms with E-state index in [4.69, 9.17) is 0 Å². The number of carbonyl (C=O) groups is 1. The first-order chi connectivity index (χ1) is 10.2. The van der Waals surface area contributed by atoms with Crippen LogP contribution in [-0.2, 0) is 4.79 Å². The van der Waals surface area contributed by atoms with Gasteiger partial charge in [0.15, 0.2) is 5.96 Å². The van der Waals surface area contributed by atoms with Crippen molar-refractivity contribution in [2.45, 2.75) is 52.9 Å². The Labute approximate surface area is 129 Å². The molecule has 0 aromatic heterocycles. The molecule has 21 heavy (non-hydrogen) atoms. The van der Waals surface area contributed by atoms with Gasteiger partial charge in [-0.1, -0.05) is 12.8 Å². The van der Waals surface area contributed by atoms with Crippen LogP contribution in [0.15, 0.2) is 4.99 Å². The third kappa shape index (κ3) is 7.93. The number of hydrogen-bond donors (Lipinski definition) is 2. The Morgan fingerprint density at radius 1 is 1.19 bits per heavy atom. The minimum atomic E-state index is 0.206. The predicted octanol–water partition coefficient (Wildman–Crippen LogP) is 1.99. The van der Waals surface area contributed by atoms with Gasteiger partial charge in [-0.25, -0.2) is 0 Å². The van der Waals surface area contributed by atoms with E-state index in [0.717, 1.165) is 38.1 Å². The Morgan fingerprint density at radius 3 is 2.48 bits per heavy atom. The normalized spacial score (nSPS) is 14.9. The van der Waals surface area contributed by atoms with Gasteiger partial charge in [0.05, 0.1) is 0 Å². The lowest BCUT2D eigenvalue weighted by Crippen LogP contribution is -2.40. The molecule has 1 aliphatic rings. The molecule has 0 aromatic carbocycles. The van der Waals surface area contributed by atoms with Crippen LogP contribution in [0, 0.1) is 5.92 Å². The minimum absolute atomic E-state index is 0.206. The fraction of sp³-hybridized carbons (Fsp3) is 0.875. The van der Waals surface area contributed by atoms with Gasteiger partial charge in [-0.3, -0.25) is 9.79 Å². The lowest BCUT2D eigenvalue weighted by molar-refractivity contribution is -0.130. The highest BCUT2D eigenvalue weighted by atomic mass is 16.2. The molecular weight excluding hydrogens is 264 g/mol. The van der Waals surface area contributed by atoms with Crippen LogP contribution in [-0.4, -0.2) is 49.5 Å². The van der Waals surface area contributed by atoms with Crippen LogP contribution in [0.3, 0.4) is 0 Å². The first kappa shape index (κ1) is 17.8. The molecule has 0 unspecified atom stereocenters. The van der Waals surface area contributed by atoms with Gasteiger partial charge in [-0.05, 0) is 39.5 Å². The maximum atomic E-state index is 11.9. The highest BCUT2D eigenvalue weighted by Gasteiger charge is 2.19. The summed E-state index contributed by atoms with van der Waals surface area (Å²) in [5, 5.41) is 6.48. The number of hydrogen-bond acceptors (Lipinski definition) is 2. The molecule has 1 saturated carbocycles. The Morgan fingerprint density at radius 2 is 1.90 bits per heavy atom. The van der Waals surface area contributed by atoms with Gasteiger partial charge in [0, 0.05) is 39.1 Å². The molecule has 0 heterocycles. The van der Waals surface area contributed by atoms with Gasteiger partial charge < -0.3 is 15.5 Å². The molecule has 0 saturated heterocycles. The van der Waals surface area contributed by atoms with E-state index in [1.165, 1.54) is 25.7 Å². The largest absolute Gasteiger partial charge is 0.357 e. The van der Waals surface area contributed by atoms with Crippen LogP contribution < -0.4 is 10.6 Å². The molecule has 5 heteroatoms. The smallest absolute Gasteiger partial charge is 0.224 e. The number of carbonyl (C=O) groups excluding carboxylic acids is 1. The molecule has 1 rings (SSSR count). The molecule has 5 nitrogen and oxygen atoms in total. The molecule has 122 valence electrons. The van der Waals surface area contributed by atoms with Crippen LogP contribution in [0.1, 0.15) is 52.9 Å². The molecule has 0 bridgehead atoms.